The van der Waals surface area contributed by atoms with Crippen molar-refractivity contribution in [3.8, 4) is 10.6 Å². The minimum atomic E-state index is 0.127. The average Bonchev–Trinajstić information content (AvgIpc) is 3.24. The van der Waals surface area contributed by atoms with Gasteiger partial charge in [0, 0.05) is 41.7 Å². The Kier molecular flexibility index (Phi) is 3.67. The summed E-state index contributed by atoms with van der Waals surface area (Å²) < 4.78 is 0. The molecule has 3 aromatic rings. The summed E-state index contributed by atoms with van der Waals surface area (Å²) in [5.41, 5.74) is 4.20. The van der Waals surface area contributed by atoms with Crippen LogP contribution in [0.4, 0.5) is 0 Å². The van der Waals surface area contributed by atoms with Gasteiger partial charge in [-0.1, -0.05) is 30.3 Å². The van der Waals surface area contributed by atoms with Gasteiger partial charge in [-0.15, -0.1) is 11.3 Å². The number of aromatic amines is 1. The van der Waals surface area contributed by atoms with Crippen LogP contribution in [0.3, 0.4) is 0 Å². The van der Waals surface area contributed by atoms with Crippen LogP contribution in [0.5, 0.6) is 0 Å². The predicted molar refractivity (Wildman–Crippen MR) is 89.0 cm³/mol. The van der Waals surface area contributed by atoms with Crippen LogP contribution in [-0.4, -0.2) is 32.5 Å². The van der Waals surface area contributed by atoms with Gasteiger partial charge in [-0.2, -0.15) is 5.10 Å². The van der Waals surface area contributed by atoms with Gasteiger partial charge in [-0.25, -0.2) is 4.98 Å². The van der Waals surface area contributed by atoms with Crippen molar-refractivity contribution in [2.75, 3.05) is 6.54 Å². The first-order valence-electron chi connectivity index (χ1n) is 7.58. The lowest BCUT2D eigenvalue weighted by atomic mass is 10.1. The smallest absolute Gasteiger partial charge is 0.228 e. The van der Waals surface area contributed by atoms with Gasteiger partial charge in [0.2, 0.25) is 5.91 Å². The van der Waals surface area contributed by atoms with Gasteiger partial charge >= 0.3 is 0 Å². The molecular weight excluding hydrogens is 308 g/mol. The summed E-state index contributed by atoms with van der Waals surface area (Å²) in [7, 11) is 0. The van der Waals surface area contributed by atoms with E-state index in [1.54, 1.807) is 11.3 Å². The van der Waals surface area contributed by atoms with Gasteiger partial charge in [-0.05, 0) is 0 Å². The molecule has 4 rings (SSSR count). The first-order chi connectivity index (χ1) is 11.3. The van der Waals surface area contributed by atoms with Crippen molar-refractivity contribution in [3.05, 3.63) is 58.9 Å². The SMILES string of the molecule is O=C(Cc1csc(-c2ccccc2)n1)N1CCc2[nH]ncc2C1. The second-order valence-corrected chi connectivity index (χ2v) is 6.48. The van der Waals surface area contributed by atoms with E-state index in [-0.39, 0.29) is 5.91 Å². The lowest BCUT2D eigenvalue weighted by Gasteiger charge is -2.26. The van der Waals surface area contributed by atoms with Gasteiger partial charge in [-0.3, -0.25) is 9.89 Å². The van der Waals surface area contributed by atoms with Crippen LogP contribution in [0.25, 0.3) is 10.6 Å². The van der Waals surface area contributed by atoms with E-state index in [2.05, 4.69) is 15.2 Å². The fourth-order valence-electron chi connectivity index (χ4n) is 2.80. The van der Waals surface area contributed by atoms with Crippen LogP contribution in [-0.2, 0) is 24.2 Å². The molecule has 0 unspecified atom stereocenters. The molecule has 2 aromatic heterocycles. The Morgan fingerprint density at radius 2 is 2.17 bits per heavy atom. The number of amides is 1. The molecule has 0 radical (unpaired) electrons. The van der Waals surface area contributed by atoms with Crippen LogP contribution >= 0.6 is 11.3 Å². The van der Waals surface area contributed by atoms with E-state index in [1.807, 2.05) is 46.8 Å². The fourth-order valence-corrected chi connectivity index (χ4v) is 3.63. The molecule has 5 nitrogen and oxygen atoms in total. The van der Waals surface area contributed by atoms with E-state index in [0.717, 1.165) is 40.5 Å². The third kappa shape index (κ3) is 2.90. The van der Waals surface area contributed by atoms with Crippen molar-refractivity contribution in [2.45, 2.75) is 19.4 Å². The molecular formula is C17H16N4OS. The van der Waals surface area contributed by atoms with Crippen molar-refractivity contribution in [1.29, 1.82) is 0 Å². The Labute approximate surface area is 138 Å². The van der Waals surface area contributed by atoms with Crippen molar-refractivity contribution in [1.82, 2.24) is 20.1 Å². The highest BCUT2D eigenvalue weighted by atomic mass is 32.1. The molecule has 116 valence electrons. The molecule has 1 aromatic carbocycles. The zero-order valence-corrected chi connectivity index (χ0v) is 13.3. The number of fused-ring (bicyclic) bond motifs is 1. The normalized spacial score (nSPS) is 13.8. The molecule has 23 heavy (non-hydrogen) atoms. The van der Waals surface area contributed by atoms with Gasteiger partial charge in [0.25, 0.3) is 0 Å². The largest absolute Gasteiger partial charge is 0.338 e. The number of thiazole rings is 1. The zero-order chi connectivity index (χ0) is 15.6. The molecule has 0 saturated heterocycles. The molecule has 0 aliphatic carbocycles. The monoisotopic (exact) mass is 324 g/mol. The van der Waals surface area contributed by atoms with Crippen molar-refractivity contribution >= 4 is 17.2 Å². The van der Waals surface area contributed by atoms with Crippen LogP contribution < -0.4 is 0 Å². The summed E-state index contributed by atoms with van der Waals surface area (Å²) in [6.45, 7) is 1.38. The van der Waals surface area contributed by atoms with Crippen LogP contribution in [0.15, 0.2) is 41.9 Å². The summed E-state index contributed by atoms with van der Waals surface area (Å²) in [6.07, 6.45) is 3.01. The topological polar surface area (TPSA) is 61.9 Å². The number of hydrogen-bond donors (Lipinski definition) is 1. The highest BCUT2D eigenvalue weighted by Gasteiger charge is 2.22. The Hall–Kier alpha value is -2.47. The first-order valence-corrected chi connectivity index (χ1v) is 8.46. The molecule has 1 N–H and O–H groups in total. The molecule has 1 aliphatic rings. The number of hydrogen-bond acceptors (Lipinski definition) is 4. The zero-order valence-electron chi connectivity index (χ0n) is 12.5. The minimum Gasteiger partial charge on any atom is -0.338 e. The molecule has 0 bridgehead atoms. The number of carbonyl (C=O) groups is 1. The standard InChI is InChI=1S/C17H16N4OS/c22-16(21-7-6-15-13(10-21)9-18-20-15)8-14-11-23-17(19-14)12-4-2-1-3-5-12/h1-5,9,11H,6-8,10H2,(H,18,20). The Balaban J connectivity index is 1.45. The summed E-state index contributed by atoms with van der Waals surface area (Å²) in [6, 6.07) is 10.1. The van der Waals surface area contributed by atoms with Gasteiger partial charge in [0.15, 0.2) is 0 Å². The molecule has 3 heterocycles. The highest BCUT2D eigenvalue weighted by Crippen LogP contribution is 2.24. The van der Waals surface area contributed by atoms with E-state index in [4.69, 9.17) is 0 Å². The minimum absolute atomic E-state index is 0.127. The van der Waals surface area contributed by atoms with Crippen LogP contribution in [0.2, 0.25) is 0 Å². The second-order valence-electron chi connectivity index (χ2n) is 5.63. The quantitative estimate of drug-likeness (QED) is 0.806. The number of H-pyrrole nitrogens is 1. The summed E-state index contributed by atoms with van der Waals surface area (Å²) >= 11 is 1.58. The first kappa shape index (κ1) is 14.1. The molecule has 1 aliphatic heterocycles. The molecule has 0 fully saturated rings. The molecule has 0 atom stereocenters. The lowest BCUT2D eigenvalue weighted by molar-refractivity contribution is -0.131. The van der Waals surface area contributed by atoms with E-state index in [9.17, 15) is 4.79 Å². The lowest BCUT2D eigenvalue weighted by Crippen LogP contribution is -2.36. The third-order valence-corrected chi connectivity index (χ3v) is 5.00. The number of nitrogens with one attached hydrogen (secondary N) is 1. The number of nitrogens with zero attached hydrogens (tertiary/aromatic N) is 3. The Morgan fingerprint density at radius 3 is 3.04 bits per heavy atom. The number of benzene rings is 1. The predicted octanol–water partition coefficient (Wildman–Crippen LogP) is 2.66. The van der Waals surface area contributed by atoms with E-state index in [0.29, 0.717) is 13.0 Å². The number of carbonyl (C=O) groups excluding carboxylic acids is 1. The number of aromatic nitrogens is 3. The van der Waals surface area contributed by atoms with Crippen molar-refractivity contribution in [2.24, 2.45) is 0 Å². The molecule has 6 heteroatoms. The van der Waals surface area contributed by atoms with Crippen molar-refractivity contribution in [3.63, 3.8) is 0 Å². The van der Waals surface area contributed by atoms with E-state index < -0.39 is 0 Å². The summed E-state index contributed by atoms with van der Waals surface area (Å²) in [5, 5.41) is 9.98. The number of rotatable bonds is 3. The third-order valence-electron chi connectivity index (χ3n) is 4.06. The maximum Gasteiger partial charge on any atom is 0.228 e. The van der Waals surface area contributed by atoms with Gasteiger partial charge in [0.05, 0.1) is 18.3 Å². The average molecular weight is 324 g/mol. The molecule has 0 saturated carbocycles. The fraction of sp³-hybridized carbons (Fsp3) is 0.235. The van der Waals surface area contributed by atoms with Gasteiger partial charge in [0.1, 0.15) is 5.01 Å². The van der Waals surface area contributed by atoms with E-state index in [1.165, 1.54) is 0 Å². The molecule has 0 spiro atoms. The molecule has 1 amide bonds. The second kappa shape index (κ2) is 5.96. The maximum atomic E-state index is 12.5. The van der Waals surface area contributed by atoms with E-state index >= 15 is 0 Å². The van der Waals surface area contributed by atoms with Crippen molar-refractivity contribution < 1.29 is 4.79 Å². The summed E-state index contributed by atoms with van der Waals surface area (Å²) in [4.78, 5) is 19.0. The Bertz CT molecular complexity index is 824. The van der Waals surface area contributed by atoms with Crippen LogP contribution in [0, 0.1) is 0 Å². The van der Waals surface area contributed by atoms with Crippen LogP contribution in [0.1, 0.15) is 17.0 Å². The maximum absolute atomic E-state index is 12.5. The highest BCUT2D eigenvalue weighted by molar-refractivity contribution is 7.13. The Morgan fingerprint density at radius 1 is 1.30 bits per heavy atom. The summed E-state index contributed by atoms with van der Waals surface area (Å²) in [5.74, 6) is 0.127. The van der Waals surface area contributed by atoms with Gasteiger partial charge < -0.3 is 4.90 Å².